The number of aromatic amines is 1. The number of imide groups is 1. The first-order valence-corrected chi connectivity index (χ1v) is 11.6. The average molecular weight is 503 g/mol. The molecule has 3 heterocycles. The molecule has 152 valence electrons. The van der Waals surface area contributed by atoms with E-state index in [1.807, 2.05) is 24.3 Å². The van der Waals surface area contributed by atoms with Crippen LogP contribution in [-0.4, -0.2) is 29.2 Å². The number of nitrogens with zero attached hydrogens (tertiary/aromatic N) is 1. The van der Waals surface area contributed by atoms with Crippen LogP contribution in [0, 0.1) is 5.92 Å². The van der Waals surface area contributed by atoms with Gasteiger partial charge in [0, 0.05) is 20.8 Å². The van der Waals surface area contributed by atoms with Crippen molar-refractivity contribution in [1.29, 1.82) is 0 Å². The fraction of sp³-hybridized carbons (Fsp3) is 0.190. The monoisotopic (exact) mass is 502 g/mol. The maximum atomic E-state index is 13.6. The number of hydrogen-bond donors (Lipinski definition) is 1. The number of H-pyrrole nitrogens is 1. The Balaban J connectivity index is 1.67. The summed E-state index contributed by atoms with van der Waals surface area (Å²) in [6, 6.07) is 14.5. The Bertz CT molecular complexity index is 1220. The van der Waals surface area contributed by atoms with Crippen molar-refractivity contribution < 1.29 is 14.3 Å². The van der Waals surface area contributed by atoms with Crippen LogP contribution in [0.2, 0.25) is 0 Å². The highest BCUT2D eigenvalue weighted by molar-refractivity contribution is 9.10. The van der Waals surface area contributed by atoms with Crippen molar-refractivity contribution in [3.05, 3.63) is 73.1 Å². The van der Waals surface area contributed by atoms with Gasteiger partial charge in [-0.2, -0.15) is 0 Å². The molecule has 3 aromatic rings. The molecule has 2 amide bonds. The Kier molecular flexibility index (Phi) is 4.83. The molecule has 2 aliphatic heterocycles. The lowest BCUT2D eigenvalue weighted by atomic mass is 9.82. The molecule has 2 aromatic carbocycles. The first-order valence-electron chi connectivity index (χ1n) is 9.15. The Labute approximate surface area is 188 Å². The van der Waals surface area contributed by atoms with Gasteiger partial charge in [-0.1, -0.05) is 57.2 Å². The Morgan fingerprint density at radius 3 is 2.50 bits per heavy atom. The molecule has 0 saturated carbocycles. The second-order valence-electron chi connectivity index (χ2n) is 6.98. The molecule has 9 heteroatoms. The van der Waals surface area contributed by atoms with E-state index in [-0.39, 0.29) is 16.7 Å². The zero-order valence-electron chi connectivity index (χ0n) is 15.6. The van der Waals surface area contributed by atoms with E-state index in [0.717, 1.165) is 26.3 Å². The van der Waals surface area contributed by atoms with Crippen molar-refractivity contribution >= 4 is 56.5 Å². The summed E-state index contributed by atoms with van der Waals surface area (Å²) in [5, 5.41) is 0.0368. The lowest BCUT2D eigenvalue weighted by Gasteiger charge is -2.30. The number of para-hydroxylation sites is 1. The first kappa shape index (κ1) is 19.6. The maximum Gasteiger partial charge on any atom is 0.305 e. The summed E-state index contributed by atoms with van der Waals surface area (Å²) in [6.07, 6.45) is 0. The Morgan fingerprint density at radius 2 is 1.77 bits per heavy atom. The number of halogens is 1. The SMILES string of the molecule is COc1ccccc1[C@H]1c2sc(=O)[nH]c2SC2C(=O)N(c3ccc(Br)cc3)C(=O)C21. The van der Waals surface area contributed by atoms with Crippen LogP contribution in [0.5, 0.6) is 5.75 Å². The van der Waals surface area contributed by atoms with Gasteiger partial charge in [-0.3, -0.25) is 14.4 Å². The van der Waals surface area contributed by atoms with Crippen LogP contribution < -0.4 is 14.5 Å². The summed E-state index contributed by atoms with van der Waals surface area (Å²) in [4.78, 5) is 43.7. The molecule has 0 aliphatic carbocycles. The number of benzene rings is 2. The lowest BCUT2D eigenvalue weighted by molar-refractivity contribution is -0.122. The van der Waals surface area contributed by atoms with E-state index in [0.29, 0.717) is 16.5 Å². The second-order valence-corrected chi connectivity index (χ2v) is 10.1. The van der Waals surface area contributed by atoms with Gasteiger partial charge >= 0.3 is 4.87 Å². The molecule has 1 N–H and O–H groups in total. The van der Waals surface area contributed by atoms with Gasteiger partial charge in [0.25, 0.3) is 0 Å². The molecule has 0 bridgehead atoms. The van der Waals surface area contributed by atoms with Gasteiger partial charge in [-0.25, -0.2) is 4.90 Å². The normalized spacial score (nSPS) is 22.7. The van der Waals surface area contributed by atoms with Crippen LogP contribution in [-0.2, 0) is 9.59 Å². The van der Waals surface area contributed by atoms with E-state index >= 15 is 0 Å². The van der Waals surface area contributed by atoms with Gasteiger partial charge in [0.05, 0.1) is 23.7 Å². The first-order chi connectivity index (χ1) is 14.5. The predicted molar refractivity (Wildman–Crippen MR) is 120 cm³/mol. The van der Waals surface area contributed by atoms with Gasteiger partial charge in [-0.05, 0) is 30.3 Å². The molecule has 0 spiro atoms. The van der Waals surface area contributed by atoms with E-state index in [2.05, 4.69) is 20.9 Å². The van der Waals surface area contributed by atoms with Crippen LogP contribution in [0.1, 0.15) is 16.4 Å². The molecule has 1 saturated heterocycles. The molecule has 2 unspecified atom stereocenters. The Morgan fingerprint density at radius 1 is 1.03 bits per heavy atom. The van der Waals surface area contributed by atoms with E-state index < -0.39 is 17.1 Å². The number of nitrogens with one attached hydrogen (secondary N) is 1. The lowest BCUT2D eigenvalue weighted by Crippen LogP contribution is -2.32. The summed E-state index contributed by atoms with van der Waals surface area (Å²) < 4.78 is 6.41. The zero-order chi connectivity index (χ0) is 21.0. The molecule has 1 aromatic heterocycles. The number of ether oxygens (including phenoxy) is 1. The van der Waals surface area contributed by atoms with Crippen molar-refractivity contribution in [1.82, 2.24) is 4.98 Å². The van der Waals surface area contributed by atoms with Crippen LogP contribution in [0.4, 0.5) is 5.69 Å². The Hall–Kier alpha value is -2.36. The number of rotatable bonds is 3. The molecular formula is C21H15BrN2O4S2. The van der Waals surface area contributed by atoms with Gasteiger partial charge in [0.1, 0.15) is 11.0 Å². The number of fused-ring (bicyclic) bond motifs is 2. The quantitative estimate of drug-likeness (QED) is 0.547. The molecule has 2 aliphatic rings. The molecule has 1 fully saturated rings. The average Bonchev–Trinajstić information content (AvgIpc) is 3.24. The van der Waals surface area contributed by atoms with Crippen molar-refractivity contribution in [2.75, 3.05) is 12.0 Å². The maximum absolute atomic E-state index is 13.6. The van der Waals surface area contributed by atoms with Crippen LogP contribution in [0.25, 0.3) is 0 Å². The minimum Gasteiger partial charge on any atom is -0.496 e. The minimum absolute atomic E-state index is 0.197. The van der Waals surface area contributed by atoms with Crippen molar-refractivity contribution in [3.8, 4) is 5.75 Å². The number of thioether (sulfide) groups is 1. The highest BCUT2D eigenvalue weighted by Crippen LogP contribution is 2.54. The van der Waals surface area contributed by atoms with Gasteiger partial charge in [-0.15, -0.1) is 0 Å². The predicted octanol–water partition coefficient (Wildman–Crippen LogP) is 4.00. The van der Waals surface area contributed by atoms with Gasteiger partial charge in [0.2, 0.25) is 11.8 Å². The third-order valence-electron chi connectivity index (χ3n) is 5.38. The molecule has 3 atom stereocenters. The van der Waals surface area contributed by atoms with Gasteiger partial charge in [0.15, 0.2) is 0 Å². The molecule has 0 radical (unpaired) electrons. The molecule has 6 nitrogen and oxygen atoms in total. The molecule has 30 heavy (non-hydrogen) atoms. The highest BCUT2D eigenvalue weighted by Gasteiger charge is 2.56. The molecular weight excluding hydrogens is 488 g/mol. The van der Waals surface area contributed by atoms with Crippen molar-refractivity contribution in [3.63, 3.8) is 0 Å². The highest BCUT2D eigenvalue weighted by atomic mass is 79.9. The summed E-state index contributed by atoms with van der Waals surface area (Å²) >= 11 is 5.74. The van der Waals surface area contributed by atoms with Crippen molar-refractivity contribution in [2.24, 2.45) is 5.92 Å². The van der Waals surface area contributed by atoms with Crippen molar-refractivity contribution in [2.45, 2.75) is 16.2 Å². The number of hydrogen-bond acceptors (Lipinski definition) is 6. The second kappa shape index (κ2) is 7.40. The summed E-state index contributed by atoms with van der Waals surface area (Å²) in [5.74, 6) is -0.968. The number of aromatic nitrogens is 1. The summed E-state index contributed by atoms with van der Waals surface area (Å²) in [7, 11) is 1.57. The van der Waals surface area contributed by atoms with Gasteiger partial charge < -0.3 is 9.72 Å². The van der Waals surface area contributed by atoms with Crippen LogP contribution >= 0.6 is 39.0 Å². The van der Waals surface area contributed by atoms with Crippen LogP contribution in [0.15, 0.2) is 62.8 Å². The largest absolute Gasteiger partial charge is 0.496 e. The number of methoxy groups -OCH3 is 1. The zero-order valence-corrected chi connectivity index (χ0v) is 18.8. The third-order valence-corrected chi connectivity index (χ3v) is 8.31. The number of carbonyl (C=O) groups excluding carboxylic acids is 2. The van der Waals surface area contributed by atoms with E-state index in [4.69, 9.17) is 4.74 Å². The fourth-order valence-electron chi connectivity index (χ4n) is 4.12. The summed E-state index contributed by atoms with van der Waals surface area (Å²) in [6.45, 7) is 0. The summed E-state index contributed by atoms with van der Waals surface area (Å²) in [5.41, 5.74) is 1.34. The van der Waals surface area contributed by atoms with Crippen LogP contribution in [0.3, 0.4) is 0 Å². The minimum atomic E-state index is -0.624. The smallest absolute Gasteiger partial charge is 0.305 e. The van der Waals surface area contributed by atoms with E-state index in [9.17, 15) is 14.4 Å². The standard InChI is InChI=1S/C21H15BrN2O4S2/c1-28-13-5-3-2-4-12(13)14-15-17(29-18-16(14)30-21(27)23-18)20(26)24(19(15)25)11-8-6-10(22)7-9-11/h2-9,14-15,17H,1H3,(H,23,27)/t14-,15?,17?/m1/s1. The van der Waals surface area contributed by atoms with E-state index in [1.54, 1.807) is 31.4 Å². The number of anilines is 1. The fourth-order valence-corrected chi connectivity index (χ4v) is 6.89. The number of carbonyl (C=O) groups is 2. The molecule has 5 rings (SSSR count). The van der Waals surface area contributed by atoms with E-state index in [1.165, 1.54) is 16.7 Å². The number of amides is 2. The topological polar surface area (TPSA) is 79.5 Å². The number of thiazole rings is 1. The third kappa shape index (κ3) is 2.95.